The van der Waals surface area contributed by atoms with Crippen LogP contribution in [0.25, 0.3) is 0 Å². The fourth-order valence-electron chi connectivity index (χ4n) is 5.06. The molecule has 1 saturated heterocycles. The Morgan fingerprint density at radius 1 is 1.27 bits per heavy atom. The number of fused-ring (bicyclic) bond motifs is 1. The molecule has 0 amide bonds. The first-order valence-electron chi connectivity index (χ1n) is 11.7. The number of aliphatic hydroxyl groups is 2. The third-order valence-corrected chi connectivity index (χ3v) is 6.89. The van der Waals surface area contributed by atoms with Gasteiger partial charge in [-0.1, -0.05) is 30.4 Å². The van der Waals surface area contributed by atoms with Gasteiger partial charge < -0.3 is 20.1 Å². The van der Waals surface area contributed by atoms with Gasteiger partial charge in [-0.2, -0.15) is 13.2 Å². The molecule has 1 aliphatic heterocycles. The molecule has 0 aromatic heterocycles. The lowest BCUT2D eigenvalue weighted by molar-refractivity contribution is -0.138. The average molecular weight is 471 g/mol. The lowest BCUT2D eigenvalue weighted by Crippen LogP contribution is -2.21. The Hall–Kier alpha value is -1.90. The van der Waals surface area contributed by atoms with Gasteiger partial charge >= 0.3 is 12.1 Å². The van der Waals surface area contributed by atoms with Crippen LogP contribution in [-0.2, 0) is 22.1 Å². The van der Waals surface area contributed by atoms with E-state index in [1.54, 1.807) is 12.1 Å². The first kappa shape index (κ1) is 25.7. The molecule has 0 spiro atoms. The maximum Gasteiger partial charge on any atom is 0.416 e. The van der Waals surface area contributed by atoms with Gasteiger partial charge in [-0.25, -0.2) is 0 Å². The van der Waals surface area contributed by atoms with E-state index in [1.807, 2.05) is 6.08 Å². The molecule has 1 aliphatic carbocycles. The molecule has 33 heavy (non-hydrogen) atoms. The summed E-state index contributed by atoms with van der Waals surface area (Å²) in [6.45, 7) is 0.573. The molecule has 2 fully saturated rings. The van der Waals surface area contributed by atoms with E-state index in [2.05, 4.69) is 0 Å². The number of halogens is 3. The van der Waals surface area contributed by atoms with Crippen LogP contribution in [0.3, 0.4) is 0 Å². The highest BCUT2D eigenvalue weighted by atomic mass is 19.4. The van der Waals surface area contributed by atoms with Crippen molar-refractivity contribution in [3.8, 4) is 0 Å². The van der Waals surface area contributed by atoms with E-state index in [9.17, 15) is 28.2 Å². The summed E-state index contributed by atoms with van der Waals surface area (Å²) in [6, 6.07) is 5.13. The van der Waals surface area contributed by atoms with Crippen LogP contribution in [0.2, 0.25) is 0 Å². The molecule has 1 aromatic carbocycles. The minimum atomic E-state index is -4.39. The number of aryl methyl sites for hydroxylation is 1. The number of benzene rings is 1. The number of carbonyl (C=O) groups is 1. The Morgan fingerprint density at radius 2 is 2.06 bits per heavy atom. The zero-order valence-corrected chi connectivity index (χ0v) is 18.6. The van der Waals surface area contributed by atoms with E-state index in [4.69, 9.17) is 9.84 Å². The third kappa shape index (κ3) is 7.55. The Kier molecular flexibility index (Phi) is 8.95. The molecule has 5 nitrogen and oxygen atoms in total. The van der Waals surface area contributed by atoms with Gasteiger partial charge in [0, 0.05) is 25.4 Å². The fraction of sp³-hybridized carbons (Fsp3) is 0.640. The summed E-state index contributed by atoms with van der Waals surface area (Å²) in [5.74, 6) is -0.483. The van der Waals surface area contributed by atoms with E-state index < -0.39 is 29.9 Å². The van der Waals surface area contributed by atoms with Crippen molar-refractivity contribution in [3.63, 3.8) is 0 Å². The second-order valence-corrected chi connectivity index (χ2v) is 9.33. The predicted octanol–water partition coefficient (Wildman–Crippen LogP) is 4.60. The summed E-state index contributed by atoms with van der Waals surface area (Å²) >= 11 is 0. The smallest absolute Gasteiger partial charge is 0.416 e. The van der Waals surface area contributed by atoms with Gasteiger partial charge in [0.15, 0.2) is 0 Å². The molecule has 0 bridgehead atoms. The summed E-state index contributed by atoms with van der Waals surface area (Å²) in [4.78, 5) is 10.7. The number of ether oxygens (including phenoxy) is 1. The first-order valence-corrected chi connectivity index (χ1v) is 11.7. The number of carboxylic acid groups (broad SMARTS) is 1. The molecule has 184 valence electrons. The van der Waals surface area contributed by atoms with E-state index in [0.29, 0.717) is 37.4 Å². The normalized spacial score (nSPS) is 29.1. The van der Waals surface area contributed by atoms with Crippen molar-refractivity contribution < 1.29 is 38.0 Å². The number of hydrogen-bond donors (Lipinski definition) is 3. The van der Waals surface area contributed by atoms with Crippen LogP contribution >= 0.6 is 0 Å². The van der Waals surface area contributed by atoms with Crippen molar-refractivity contribution in [1.29, 1.82) is 0 Å². The van der Waals surface area contributed by atoms with Crippen molar-refractivity contribution in [3.05, 3.63) is 47.5 Å². The second-order valence-electron chi connectivity index (χ2n) is 9.33. The molecular weight excluding hydrogens is 437 g/mol. The number of hydrogen-bond acceptors (Lipinski definition) is 4. The SMILES string of the molecule is O=C(O)CCC[C@H]1CC[C@@H]2[C@@H](/C=C/[C@H](O)CCc3cccc(C(F)(F)F)c3)[C@H](O)C[C@@H]2OC1. The van der Waals surface area contributed by atoms with Gasteiger partial charge in [0.05, 0.1) is 23.9 Å². The van der Waals surface area contributed by atoms with Gasteiger partial charge in [0.2, 0.25) is 0 Å². The lowest BCUT2D eigenvalue weighted by Gasteiger charge is -2.21. The molecule has 6 atom stereocenters. The summed E-state index contributed by atoms with van der Waals surface area (Å²) in [5, 5.41) is 29.7. The van der Waals surface area contributed by atoms with Gasteiger partial charge in [-0.15, -0.1) is 0 Å². The van der Waals surface area contributed by atoms with Crippen LogP contribution in [-0.4, -0.2) is 46.2 Å². The molecular formula is C25H33F3O5. The fourth-order valence-corrected chi connectivity index (χ4v) is 5.06. The van der Waals surface area contributed by atoms with Gasteiger partial charge in [-0.3, -0.25) is 4.79 Å². The van der Waals surface area contributed by atoms with Crippen molar-refractivity contribution in [1.82, 2.24) is 0 Å². The van der Waals surface area contributed by atoms with Gasteiger partial charge in [0.1, 0.15) is 0 Å². The topological polar surface area (TPSA) is 87.0 Å². The number of aliphatic carboxylic acids is 1. The van der Waals surface area contributed by atoms with E-state index in [1.165, 1.54) is 6.07 Å². The van der Waals surface area contributed by atoms with Crippen LogP contribution in [0, 0.1) is 17.8 Å². The highest BCUT2D eigenvalue weighted by Gasteiger charge is 2.43. The Labute approximate surface area is 192 Å². The number of alkyl halides is 3. The van der Waals surface area contributed by atoms with Gasteiger partial charge in [-0.05, 0) is 62.0 Å². The highest BCUT2D eigenvalue weighted by Crippen LogP contribution is 2.42. The minimum Gasteiger partial charge on any atom is -0.481 e. The molecule has 3 rings (SSSR count). The summed E-state index contributed by atoms with van der Waals surface area (Å²) < 4.78 is 44.6. The van der Waals surface area contributed by atoms with Crippen molar-refractivity contribution in [2.75, 3.05) is 6.61 Å². The van der Waals surface area contributed by atoms with Gasteiger partial charge in [0.25, 0.3) is 0 Å². The maximum absolute atomic E-state index is 12.9. The maximum atomic E-state index is 12.9. The zero-order chi connectivity index (χ0) is 24.0. The zero-order valence-electron chi connectivity index (χ0n) is 18.6. The molecule has 1 heterocycles. The molecule has 2 aliphatic rings. The monoisotopic (exact) mass is 470 g/mol. The molecule has 0 radical (unpaired) electrons. The first-order chi connectivity index (χ1) is 15.6. The Morgan fingerprint density at radius 3 is 2.79 bits per heavy atom. The van der Waals surface area contributed by atoms with Crippen LogP contribution in [0.5, 0.6) is 0 Å². The number of aliphatic hydroxyl groups excluding tert-OH is 2. The molecule has 1 aromatic rings. The molecule has 8 heteroatoms. The summed E-state index contributed by atoms with van der Waals surface area (Å²) in [5.41, 5.74) is -0.177. The number of rotatable bonds is 9. The lowest BCUT2D eigenvalue weighted by atomic mass is 9.86. The minimum absolute atomic E-state index is 0.0543. The Bertz CT molecular complexity index is 809. The average Bonchev–Trinajstić information content (AvgIpc) is 2.91. The standard InChI is InChI=1S/C25H33F3O5/c26-25(27,28)18-5-1-3-16(13-18)7-9-19(29)10-12-20-21-11-8-17(4-2-6-24(31)32)15-33-23(21)14-22(20)30/h1,3,5,10,12-13,17,19-23,29-30H,2,4,6-9,11,14-15H2,(H,31,32)/b12-10+/t17-,19+,20+,21+,22+,23-/m0/s1. The molecule has 3 N–H and O–H groups in total. The van der Waals surface area contributed by atoms with Crippen LogP contribution in [0.1, 0.15) is 56.1 Å². The van der Waals surface area contributed by atoms with Crippen molar-refractivity contribution in [2.45, 2.75) is 75.9 Å². The largest absolute Gasteiger partial charge is 0.481 e. The van der Waals surface area contributed by atoms with E-state index in [-0.39, 0.29) is 30.8 Å². The summed E-state index contributed by atoms with van der Waals surface area (Å²) in [6.07, 6.45) is 2.16. The summed E-state index contributed by atoms with van der Waals surface area (Å²) in [7, 11) is 0. The molecule has 1 saturated carbocycles. The van der Waals surface area contributed by atoms with Crippen LogP contribution in [0.15, 0.2) is 36.4 Å². The second kappa shape index (κ2) is 11.5. The quantitative estimate of drug-likeness (QED) is 0.459. The van der Waals surface area contributed by atoms with E-state index in [0.717, 1.165) is 31.4 Å². The van der Waals surface area contributed by atoms with E-state index >= 15 is 0 Å². The predicted molar refractivity (Wildman–Crippen MR) is 116 cm³/mol. The Balaban J connectivity index is 1.51. The van der Waals surface area contributed by atoms with Crippen LogP contribution in [0.4, 0.5) is 13.2 Å². The van der Waals surface area contributed by atoms with Crippen molar-refractivity contribution >= 4 is 5.97 Å². The third-order valence-electron chi connectivity index (χ3n) is 6.89. The van der Waals surface area contributed by atoms with Crippen LogP contribution < -0.4 is 0 Å². The highest BCUT2D eigenvalue weighted by molar-refractivity contribution is 5.66. The molecule has 0 unspecified atom stereocenters. The number of carboxylic acids is 1. The van der Waals surface area contributed by atoms with Crippen molar-refractivity contribution in [2.24, 2.45) is 17.8 Å².